The summed E-state index contributed by atoms with van der Waals surface area (Å²) in [5.41, 5.74) is 9.37. The van der Waals surface area contributed by atoms with Crippen molar-refractivity contribution in [2.45, 2.75) is 46.6 Å². The van der Waals surface area contributed by atoms with Gasteiger partial charge < -0.3 is 11.1 Å². The summed E-state index contributed by atoms with van der Waals surface area (Å²) in [7, 11) is 0. The van der Waals surface area contributed by atoms with Gasteiger partial charge in [0.2, 0.25) is 0 Å². The number of rotatable bonds is 5. The van der Waals surface area contributed by atoms with Crippen LogP contribution in [0.15, 0.2) is 29.3 Å². The third-order valence-corrected chi connectivity index (χ3v) is 4.41. The number of nitrogens with zero attached hydrogens (tertiary/aromatic N) is 2. The topological polar surface area (TPSA) is 63.3 Å². The van der Waals surface area contributed by atoms with E-state index in [1.165, 1.54) is 10.4 Å². The molecule has 0 bridgehead atoms. The molecule has 0 radical (unpaired) electrons. The second kappa shape index (κ2) is 7.40. The van der Waals surface area contributed by atoms with Crippen LogP contribution in [0.5, 0.6) is 0 Å². The van der Waals surface area contributed by atoms with Gasteiger partial charge in [-0.2, -0.15) is 0 Å². The fraction of sp³-hybridized carbons (Fsp3) is 0.412. The van der Waals surface area contributed by atoms with Gasteiger partial charge in [0, 0.05) is 10.6 Å². The molecule has 0 spiro atoms. The van der Waals surface area contributed by atoms with Gasteiger partial charge in [0.1, 0.15) is 5.01 Å². The molecule has 1 heterocycles. The highest BCUT2D eigenvalue weighted by atomic mass is 32.1. The molecule has 22 heavy (non-hydrogen) atoms. The van der Waals surface area contributed by atoms with Gasteiger partial charge in [-0.3, -0.25) is 0 Å². The van der Waals surface area contributed by atoms with Gasteiger partial charge >= 0.3 is 0 Å². The summed E-state index contributed by atoms with van der Waals surface area (Å²) in [6, 6.07) is 8.22. The minimum Gasteiger partial charge on any atom is -0.370 e. The maximum atomic E-state index is 5.94. The van der Waals surface area contributed by atoms with Crippen molar-refractivity contribution >= 4 is 23.0 Å². The monoisotopic (exact) mass is 316 g/mol. The molecular formula is C17H24N4S. The molecule has 0 unspecified atom stereocenters. The number of anilines is 1. The lowest BCUT2D eigenvalue weighted by atomic mass is 10.1. The van der Waals surface area contributed by atoms with Crippen molar-refractivity contribution in [3.05, 3.63) is 45.4 Å². The Kier molecular flexibility index (Phi) is 5.55. The van der Waals surface area contributed by atoms with Crippen molar-refractivity contribution in [2.24, 2.45) is 10.7 Å². The number of guanidine groups is 1. The molecule has 4 nitrogen and oxygen atoms in total. The molecule has 1 aromatic carbocycles. The smallest absolute Gasteiger partial charge is 0.193 e. The number of hydrogen-bond donors (Lipinski definition) is 2. The Morgan fingerprint density at radius 3 is 2.55 bits per heavy atom. The summed E-state index contributed by atoms with van der Waals surface area (Å²) in [6.45, 7) is 9.08. The van der Waals surface area contributed by atoms with Gasteiger partial charge in [0.05, 0.1) is 12.2 Å². The number of nitrogens with one attached hydrogen (secondary N) is 1. The standard InChI is InChI=1S/C17H24N4S/c1-5-13-6-8-14(9-7-13)20-17(18)19-10-15-21-16(11(2)3)12(4)22-15/h6-9,11H,5,10H2,1-4H3,(H3,18,19,20). The van der Waals surface area contributed by atoms with E-state index in [2.05, 4.69) is 55.1 Å². The van der Waals surface area contributed by atoms with Crippen molar-refractivity contribution in [1.29, 1.82) is 0 Å². The number of hydrogen-bond acceptors (Lipinski definition) is 3. The number of aryl methyl sites for hydroxylation is 2. The van der Waals surface area contributed by atoms with Crippen molar-refractivity contribution in [3.63, 3.8) is 0 Å². The third-order valence-electron chi connectivity index (χ3n) is 3.44. The lowest BCUT2D eigenvalue weighted by Gasteiger charge is -2.06. The first-order chi connectivity index (χ1) is 10.5. The molecule has 2 aromatic rings. The zero-order valence-corrected chi connectivity index (χ0v) is 14.5. The Morgan fingerprint density at radius 1 is 1.32 bits per heavy atom. The summed E-state index contributed by atoms with van der Waals surface area (Å²) >= 11 is 1.69. The van der Waals surface area contributed by atoms with Crippen molar-refractivity contribution < 1.29 is 0 Å². The van der Waals surface area contributed by atoms with E-state index in [1.54, 1.807) is 11.3 Å². The van der Waals surface area contributed by atoms with Crippen LogP contribution >= 0.6 is 11.3 Å². The summed E-state index contributed by atoms with van der Waals surface area (Å²) < 4.78 is 0. The van der Waals surface area contributed by atoms with Crippen LogP contribution in [-0.4, -0.2) is 10.9 Å². The van der Waals surface area contributed by atoms with Crippen LogP contribution in [0.2, 0.25) is 0 Å². The van der Waals surface area contributed by atoms with Crippen LogP contribution in [0.4, 0.5) is 5.69 Å². The van der Waals surface area contributed by atoms with Crippen LogP contribution in [0, 0.1) is 6.92 Å². The Morgan fingerprint density at radius 2 is 2.00 bits per heavy atom. The van der Waals surface area contributed by atoms with Crippen molar-refractivity contribution in [3.8, 4) is 0 Å². The van der Waals surface area contributed by atoms with Gasteiger partial charge in [0.25, 0.3) is 0 Å². The van der Waals surface area contributed by atoms with Crippen LogP contribution in [-0.2, 0) is 13.0 Å². The Labute approximate surface area is 136 Å². The van der Waals surface area contributed by atoms with Crippen molar-refractivity contribution in [1.82, 2.24) is 4.98 Å². The zero-order valence-electron chi connectivity index (χ0n) is 13.7. The maximum absolute atomic E-state index is 5.94. The molecule has 0 saturated heterocycles. The molecule has 5 heteroatoms. The van der Waals surface area contributed by atoms with E-state index >= 15 is 0 Å². The molecule has 3 N–H and O–H groups in total. The van der Waals surface area contributed by atoms with Gasteiger partial charge in [-0.15, -0.1) is 11.3 Å². The predicted octanol–water partition coefficient (Wildman–Crippen LogP) is 4.06. The van der Waals surface area contributed by atoms with E-state index < -0.39 is 0 Å². The molecule has 0 aliphatic rings. The fourth-order valence-electron chi connectivity index (χ4n) is 2.23. The number of benzene rings is 1. The van der Waals surface area contributed by atoms with E-state index in [0.717, 1.165) is 22.8 Å². The van der Waals surface area contributed by atoms with Gasteiger partial charge in [-0.05, 0) is 37.0 Å². The Bertz CT molecular complexity index is 641. The quantitative estimate of drug-likeness (QED) is 0.646. The number of nitrogens with two attached hydrogens (primary N) is 1. The summed E-state index contributed by atoms with van der Waals surface area (Å²) in [6.07, 6.45) is 1.03. The first-order valence-electron chi connectivity index (χ1n) is 7.61. The molecule has 0 fully saturated rings. The molecule has 0 aliphatic carbocycles. The molecule has 2 rings (SSSR count). The molecule has 1 aromatic heterocycles. The van der Waals surface area contributed by atoms with Crippen LogP contribution in [0.1, 0.15) is 47.8 Å². The molecular weight excluding hydrogens is 292 g/mol. The lowest BCUT2D eigenvalue weighted by Crippen LogP contribution is -2.22. The predicted molar refractivity (Wildman–Crippen MR) is 95.7 cm³/mol. The minimum absolute atomic E-state index is 0.420. The van der Waals surface area contributed by atoms with E-state index in [-0.39, 0.29) is 0 Å². The lowest BCUT2D eigenvalue weighted by molar-refractivity contribution is 0.814. The number of aliphatic imine (C=N–C) groups is 1. The highest BCUT2D eigenvalue weighted by molar-refractivity contribution is 7.11. The summed E-state index contributed by atoms with van der Waals surface area (Å²) in [5, 5.41) is 4.12. The van der Waals surface area contributed by atoms with Gasteiger partial charge in [-0.1, -0.05) is 32.9 Å². The number of thiazole rings is 1. The van der Waals surface area contributed by atoms with Gasteiger partial charge in [-0.25, -0.2) is 9.98 Å². The van der Waals surface area contributed by atoms with Crippen LogP contribution in [0.25, 0.3) is 0 Å². The minimum atomic E-state index is 0.420. The second-order valence-electron chi connectivity index (χ2n) is 5.58. The first kappa shape index (κ1) is 16.5. The molecule has 0 amide bonds. The van der Waals surface area contributed by atoms with E-state index in [1.807, 2.05) is 12.1 Å². The maximum Gasteiger partial charge on any atom is 0.193 e. The molecule has 0 aliphatic heterocycles. The normalized spacial score (nSPS) is 12.0. The Balaban J connectivity index is 1.98. The first-order valence-corrected chi connectivity index (χ1v) is 8.43. The molecule has 0 atom stereocenters. The second-order valence-corrected chi connectivity index (χ2v) is 6.87. The largest absolute Gasteiger partial charge is 0.370 e. The molecule has 0 saturated carbocycles. The highest BCUT2D eigenvalue weighted by Gasteiger charge is 2.10. The van der Waals surface area contributed by atoms with E-state index in [4.69, 9.17) is 5.73 Å². The zero-order chi connectivity index (χ0) is 16.1. The van der Waals surface area contributed by atoms with Crippen LogP contribution < -0.4 is 11.1 Å². The van der Waals surface area contributed by atoms with Crippen LogP contribution in [0.3, 0.4) is 0 Å². The average Bonchev–Trinajstić information content (AvgIpc) is 2.87. The third kappa shape index (κ3) is 4.31. The molecule has 118 valence electrons. The fourth-order valence-corrected chi connectivity index (χ4v) is 3.24. The van der Waals surface area contributed by atoms with Crippen molar-refractivity contribution in [2.75, 3.05) is 5.32 Å². The summed E-state index contributed by atoms with van der Waals surface area (Å²) in [4.78, 5) is 10.3. The SMILES string of the molecule is CCc1ccc(NC(N)=NCc2nc(C(C)C)c(C)s2)cc1. The Hall–Kier alpha value is -1.88. The van der Waals surface area contributed by atoms with E-state index in [9.17, 15) is 0 Å². The average molecular weight is 316 g/mol. The van der Waals surface area contributed by atoms with E-state index in [0.29, 0.717) is 18.4 Å². The summed E-state index contributed by atoms with van der Waals surface area (Å²) in [5.74, 6) is 0.865. The number of aromatic nitrogens is 1. The highest BCUT2D eigenvalue weighted by Crippen LogP contribution is 2.24. The van der Waals surface area contributed by atoms with Gasteiger partial charge in [0.15, 0.2) is 5.96 Å².